The fourth-order valence-electron chi connectivity index (χ4n) is 4.71. The molecule has 12 heteroatoms. The first-order chi connectivity index (χ1) is 17.0. The summed E-state index contributed by atoms with van der Waals surface area (Å²) < 4.78 is 13.0. The van der Waals surface area contributed by atoms with Crippen molar-refractivity contribution in [2.24, 2.45) is 7.05 Å². The summed E-state index contributed by atoms with van der Waals surface area (Å²) in [5.41, 5.74) is 1.91. The fraction of sp³-hybridized carbons (Fsp3) is 0.609. The van der Waals surface area contributed by atoms with Crippen LogP contribution in [0.5, 0.6) is 0 Å². The lowest BCUT2D eigenvalue weighted by molar-refractivity contribution is -0.0680. The molecule has 5 heterocycles. The molecule has 188 valence electrons. The number of hydrogen-bond acceptors (Lipinski definition) is 9. The molecule has 3 aromatic rings. The molecule has 0 radical (unpaired) electrons. The summed E-state index contributed by atoms with van der Waals surface area (Å²) in [5.74, 6) is 1.24. The molecule has 0 aliphatic carbocycles. The van der Waals surface area contributed by atoms with Crippen LogP contribution in [0.1, 0.15) is 30.9 Å². The van der Waals surface area contributed by atoms with Gasteiger partial charge in [-0.1, -0.05) is 0 Å². The molecule has 35 heavy (non-hydrogen) atoms. The van der Waals surface area contributed by atoms with E-state index in [0.717, 1.165) is 37.4 Å². The first kappa shape index (κ1) is 23.6. The monoisotopic (exact) mass is 483 g/mol. The molecule has 2 saturated heterocycles. The number of H-pyrrole nitrogens is 1. The Morgan fingerprint density at radius 1 is 1.17 bits per heavy atom. The van der Waals surface area contributed by atoms with Gasteiger partial charge in [0.05, 0.1) is 37.2 Å². The second kappa shape index (κ2) is 10.3. The number of nitrogens with zero attached hydrogens (tertiary/aromatic N) is 7. The van der Waals surface area contributed by atoms with Crippen molar-refractivity contribution in [1.82, 2.24) is 39.9 Å². The van der Waals surface area contributed by atoms with Crippen LogP contribution in [0.25, 0.3) is 22.6 Å². The summed E-state index contributed by atoms with van der Waals surface area (Å²) in [6, 6.07) is 0. The van der Waals surface area contributed by atoms with Crippen LogP contribution >= 0.6 is 0 Å². The highest BCUT2D eigenvalue weighted by molar-refractivity contribution is 5.96. The van der Waals surface area contributed by atoms with E-state index in [2.05, 4.69) is 49.0 Å². The van der Waals surface area contributed by atoms with Crippen molar-refractivity contribution >= 4 is 22.9 Å². The molecule has 2 aliphatic heterocycles. The normalized spacial score (nSPS) is 21.5. The smallest absolute Gasteiger partial charge is 0.287 e. The van der Waals surface area contributed by atoms with Crippen LogP contribution in [0.2, 0.25) is 0 Å². The number of amides is 1. The van der Waals surface area contributed by atoms with Gasteiger partial charge in [0.1, 0.15) is 5.52 Å². The average Bonchev–Trinajstić information content (AvgIpc) is 3.47. The van der Waals surface area contributed by atoms with Gasteiger partial charge in [-0.2, -0.15) is 5.10 Å². The number of aryl methyl sites for hydroxylation is 1. The van der Waals surface area contributed by atoms with Crippen LogP contribution in [0.3, 0.4) is 0 Å². The van der Waals surface area contributed by atoms with Crippen LogP contribution in [0, 0.1) is 0 Å². The highest BCUT2D eigenvalue weighted by atomic mass is 16.5. The lowest BCUT2D eigenvalue weighted by atomic mass is 10.2. The zero-order valence-corrected chi connectivity index (χ0v) is 20.5. The Morgan fingerprint density at radius 3 is 2.66 bits per heavy atom. The minimum absolute atomic E-state index is 0.237. The van der Waals surface area contributed by atoms with Crippen molar-refractivity contribution in [2.75, 3.05) is 57.4 Å². The van der Waals surface area contributed by atoms with E-state index in [9.17, 15) is 4.79 Å². The van der Waals surface area contributed by atoms with Crippen LogP contribution < -0.4 is 10.2 Å². The minimum Gasteiger partial charge on any atom is -0.378 e. The van der Waals surface area contributed by atoms with Crippen molar-refractivity contribution in [2.45, 2.75) is 32.5 Å². The molecular weight excluding hydrogens is 450 g/mol. The maximum atomic E-state index is 12.9. The lowest BCUT2D eigenvalue weighted by Gasteiger charge is -2.35. The van der Waals surface area contributed by atoms with Crippen LogP contribution in [0.4, 0.5) is 5.82 Å². The number of aromatic amines is 1. The first-order valence-electron chi connectivity index (χ1n) is 12.2. The number of hydrogen-bond donors (Lipinski definition) is 2. The van der Waals surface area contributed by atoms with Gasteiger partial charge < -0.3 is 24.7 Å². The topological polar surface area (TPSA) is 126 Å². The molecular formula is C23H33N9O3. The van der Waals surface area contributed by atoms with E-state index in [0.29, 0.717) is 49.8 Å². The Morgan fingerprint density at radius 2 is 1.94 bits per heavy atom. The molecule has 0 bridgehead atoms. The van der Waals surface area contributed by atoms with E-state index in [1.807, 2.05) is 13.2 Å². The second-order valence-corrected chi connectivity index (χ2v) is 9.28. The maximum absolute atomic E-state index is 12.9. The zero-order chi connectivity index (χ0) is 24.4. The number of fused-ring (bicyclic) bond motifs is 1. The SMILES string of the molecule is CC1CN(CCCNC(=O)c2nc3nc(-c4cnn(C)c4)nc(N4CCOCC4)c3[nH]2)CC(C)O1. The van der Waals surface area contributed by atoms with Gasteiger partial charge >= 0.3 is 0 Å². The molecule has 2 fully saturated rings. The van der Waals surface area contributed by atoms with E-state index < -0.39 is 0 Å². The van der Waals surface area contributed by atoms with Crippen LogP contribution in [-0.4, -0.2) is 105 Å². The summed E-state index contributed by atoms with van der Waals surface area (Å²) in [6.07, 6.45) is 4.92. The summed E-state index contributed by atoms with van der Waals surface area (Å²) in [7, 11) is 1.85. The van der Waals surface area contributed by atoms with E-state index >= 15 is 0 Å². The summed E-state index contributed by atoms with van der Waals surface area (Å²) in [4.78, 5) is 34.5. The Kier molecular flexibility index (Phi) is 6.93. The number of ether oxygens (including phenoxy) is 2. The van der Waals surface area contributed by atoms with Gasteiger partial charge in [0, 0.05) is 52.5 Å². The Hall–Kier alpha value is -3.09. The molecule has 2 aliphatic rings. The van der Waals surface area contributed by atoms with Gasteiger partial charge in [0.15, 0.2) is 23.1 Å². The lowest BCUT2D eigenvalue weighted by Crippen LogP contribution is -2.46. The molecule has 3 aromatic heterocycles. The quantitative estimate of drug-likeness (QED) is 0.470. The average molecular weight is 484 g/mol. The number of anilines is 1. The van der Waals surface area contributed by atoms with Gasteiger partial charge in [-0.25, -0.2) is 15.0 Å². The van der Waals surface area contributed by atoms with Gasteiger partial charge in [-0.05, 0) is 20.3 Å². The summed E-state index contributed by atoms with van der Waals surface area (Å²) >= 11 is 0. The van der Waals surface area contributed by atoms with Gasteiger partial charge in [0.2, 0.25) is 0 Å². The van der Waals surface area contributed by atoms with Crippen molar-refractivity contribution in [3.63, 3.8) is 0 Å². The molecule has 0 saturated carbocycles. The third-order valence-corrected chi connectivity index (χ3v) is 6.25. The van der Waals surface area contributed by atoms with E-state index in [4.69, 9.17) is 14.5 Å². The Balaban J connectivity index is 1.30. The van der Waals surface area contributed by atoms with Crippen molar-refractivity contribution < 1.29 is 14.3 Å². The Labute approximate surface area is 204 Å². The molecule has 12 nitrogen and oxygen atoms in total. The first-order valence-corrected chi connectivity index (χ1v) is 12.2. The molecule has 2 unspecified atom stereocenters. The number of aromatic nitrogens is 6. The summed E-state index contributed by atoms with van der Waals surface area (Å²) in [6.45, 7) is 10.2. The maximum Gasteiger partial charge on any atom is 0.287 e. The van der Waals surface area contributed by atoms with E-state index in [1.54, 1.807) is 10.9 Å². The van der Waals surface area contributed by atoms with Crippen molar-refractivity contribution in [3.8, 4) is 11.4 Å². The minimum atomic E-state index is -0.248. The highest BCUT2D eigenvalue weighted by Crippen LogP contribution is 2.26. The van der Waals surface area contributed by atoms with Gasteiger partial charge in [-0.15, -0.1) is 0 Å². The molecule has 2 atom stereocenters. The number of morpholine rings is 2. The van der Waals surface area contributed by atoms with Gasteiger partial charge in [0.25, 0.3) is 5.91 Å². The van der Waals surface area contributed by atoms with E-state index in [-0.39, 0.29) is 23.9 Å². The third kappa shape index (κ3) is 5.44. The number of imidazole rings is 1. The molecule has 0 aromatic carbocycles. The number of rotatable bonds is 7. The van der Waals surface area contributed by atoms with Crippen LogP contribution in [-0.2, 0) is 16.5 Å². The largest absolute Gasteiger partial charge is 0.378 e. The Bertz CT molecular complexity index is 1160. The third-order valence-electron chi connectivity index (χ3n) is 6.25. The summed E-state index contributed by atoms with van der Waals surface area (Å²) in [5, 5.41) is 7.22. The van der Waals surface area contributed by atoms with E-state index in [1.165, 1.54) is 0 Å². The second-order valence-electron chi connectivity index (χ2n) is 9.28. The fourth-order valence-corrected chi connectivity index (χ4v) is 4.71. The number of carbonyl (C=O) groups is 1. The van der Waals surface area contributed by atoms with Gasteiger partial charge in [-0.3, -0.25) is 14.4 Å². The zero-order valence-electron chi connectivity index (χ0n) is 20.5. The van der Waals surface area contributed by atoms with Crippen LogP contribution in [0.15, 0.2) is 12.4 Å². The molecule has 0 spiro atoms. The predicted molar refractivity (Wildman–Crippen MR) is 130 cm³/mol. The predicted octanol–water partition coefficient (Wildman–Crippen LogP) is 0.819. The number of nitrogens with one attached hydrogen (secondary N) is 2. The molecule has 2 N–H and O–H groups in total. The standard InChI is InChI=1S/C23H33N9O3/c1-15-12-31(13-16(2)35-15)6-4-5-24-23(33)21-26-18-20(28-21)27-19(17-11-25-30(3)14-17)29-22(18)32-7-9-34-10-8-32/h11,14-16H,4-10,12-13H2,1-3H3,(H,24,33)(H,26,27,28,29). The highest BCUT2D eigenvalue weighted by Gasteiger charge is 2.24. The molecule has 1 amide bonds. The number of carbonyl (C=O) groups excluding carboxylic acids is 1. The molecule has 5 rings (SSSR count). The van der Waals surface area contributed by atoms with Crippen molar-refractivity contribution in [3.05, 3.63) is 18.2 Å². The van der Waals surface area contributed by atoms with Crippen molar-refractivity contribution in [1.29, 1.82) is 0 Å².